The fourth-order valence-corrected chi connectivity index (χ4v) is 4.41. The van der Waals surface area contributed by atoms with Gasteiger partial charge in [-0.05, 0) is 45.1 Å². The van der Waals surface area contributed by atoms with Crippen LogP contribution in [0.25, 0.3) is 20.3 Å². The Hall–Kier alpha value is -2.25. The van der Waals surface area contributed by atoms with Gasteiger partial charge < -0.3 is 16.4 Å². The minimum absolute atomic E-state index is 0.419. The molecule has 0 atom stereocenters. The summed E-state index contributed by atoms with van der Waals surface area (Å²) in [5.41, 5.74) is 11.5. The highest BCUT2D eigenvalue weighted by molar-refractivity contribution is 7.25. The second-order valence-electron chi connectivity index (χ2n) is 6.87. The second-order valence-corrected chi connectivity index (χ2v) is 7.90. The molecule has 1 aliphatic rings. The van der Waals surface area contributed by atoms with Crippen molar-refractivity contribution in [2.45, 2.75) is 38.1 Å². The van der Waals surface area contributed by atoms with E-state index in [0.29, 0.717) is 11.4 Å². The first-order chi connectivity index (χ1) is 12.5. The molecule has 1 aromatic carbocycles. The van der Waals surface area contributed by atoms with Crippen molar-refractivity contribution in [1.29, 1.82) is 0 Å². The molecule has 26 heavy (non-hydrogen) atoms. The quantitative estimate of drug-likeness (QED) is 0.719. The Morgan fingerprint density at radius 3 is 2.54 bits per heavy atom. The van der Waals surface area contributed by atoms with E-state index in [1.54, 1.807) is 12.1 Å². The average molecular weight is 372 g/mol. The number of fused-ring (bicyclic) bond motifs is 3. The highest BCUT2D eigenvalue weighted by Gasteiger charge is 2.14. The normalized spacial score (nSPS) is 15.2. The molecule has 1 fully saturated rings. The Morgan fingerprint density at radius 1 is 1.19 bits per heavy atom. The Balaban J connectivity index is 0.000000185. The van der Waals surface area contributed by atoms with E-state index in [1.807, 2.05) is 6.07 Å². The number of hydrogen-bond donors (Lipinski definition) is 2. The summed E-state index contributed by atoms with van der Waals surface area (Å²) in [7, 11) is 4.38. The summed E-state index contributed by atoms with van der Waals surface area (Å²) >= 11 is 1.51. The van der Waals surface area contributed by atoms with Crippen LogP contribution >= 0.6 is 11.3 Å². The number of amides is 1. The summed E-state index contributed by atoms with van der Waals surface area (Å²) in [6.07, 6.45) is 8.64. The molecule has 0 aliphatic heterocycles. The maximum atomic E-state index is 11.2. The van der Waals surface area contributed by atoms with E-state index in [4.69, 9.17) is 11.5 Å². The first-order valence-corrected chi connectivity index (χ1v) is 9.68. The Labute approximate surface area is 157 Å². The number of primary amides is 1. The number of nitrogens with two attached hydrogens (primary N) is 2. The van der Waals surface area contributed by atoms with Gasteiger partial charge in [-0.2, -0.15) is 0 Å². The zero-order valence-electron chi connectivity index (χ0n) is 15.2. The van der Waals surface area contributed by atoms with Crippen molar-refractivity contribution in [2.75, 3.05) is 19.8 Å². The molecule has 0 saturated heterocycles. The van der Waals surface area contributed by atoms with Gasteiger partial charge in [-0.1, -0.05) is 19.3 Å². The van der Waals surface area contributed by atoms with Crippen LogP contribution in [0, 0.1) is 0 Å². The van der Waals surface area contributed by atoms with Crippen molar-refractivity contribution in [3.8, 4) is 0 Å². The van der Waals surface area contributed by atoms with E-state index in [2.05, 4.69) is 29.0 Å². The van der Waals surface area contributed by atoms with Gasteiger partial charge in [0.1, 0.15) is 17.0 Å². The minimum Gasteiger partial charge on any atom is -0.383 e. The van der Waals surface area contributed by atoms with Crippen molar-refractivity contribution in [2.24, 2.45) is 5.73 Å². The lowest BCUT2D eigenvalue weighted by Gasteiger charge is -2.27. The van der Waals surface area contributed by atoms with Crippen LogP contribution < -0.4 is 11.5 Å². The number of carbonyl (C=O) groups excluding carboxylic acids is 1. The second kappa shape index (κ2) is 7.97. The fraction of sp³-hybridized carbons (Fsp3) is 0.421. The van der Waals surface area contributed by atoms with Gasteiger partial charge in [0, 0.05) is 21.7 Å². The largest absolute Gasteiger partial charge is 0.383 e. The number of benzene rings is 1. The predicted octanol–water partition coefficient (Wildman–Crippen LogP) is 3.41. The van der Waals surface area contributed by atoms with Crippen LogP contribution in [0.15, 0.2) is 24.5 Å². The summed E-state index contributed by atoms with van der Waals surface area (Å²) in [5.74, 6) is -0.0375. The molecule has 1 saturated carbocycles. The van der Waals surface area contributed by atoms with Crippen LogP contribution in [0.3, 0.4) is 0 Å². The molecule has 4 N–H and O–H groups in total. The molecular weight excluding hydrogens is 346 g/mol. The van der Waals surface area contributed by atoms with E-state index < -0.39 is 5.91 Å². The summed E-state index contributed by atoms with van der Waals surface area (Å²) in [6, 6.07) is 6.17. The lowest BCUT2D eigenvalue weighted by Crippen LogP contribution is -2.29. The number of nitrogen functional groups attached to an aromatic ring is 1. The van der Waals surface area contributed by atoms with E-state index in [1.165, 1.54) is 49.8 Å². The number of rotatable bonds is 2. The van der Waals surface area contributed by atoms with Crippen LogP contribution in [-0.2, 0) is 0 Å². The zero-order valence-corrected chi connectivity index (χ0v) is 16.1. The molecule has 7 heteroatoms. The van der Waals surface area contributed by atoms with Crippen LogP contribution in [0.4, 0.5) is 5.82 Å². The predicted molar refractivity (Wildman–Crippen MR) is 108 cm³/mol. The van der Waals surface area contributed by atoms with E-state index >= 15 is 0 Å². The molecule has 2 heterocycles. The van der Waals surface area contributed by atoms with Gasteiger partial charge in [0.2, 0.25) is 5.91 Å². The summed E-state index contributed by atoms with van der Waals surface area (Å²) < 4.78 is 1.01. The van der Waals surface area contributed by atoms with Gasteiger partial charge in [0.25, 0.3) is 0 Å². The highest BCUT2D eigenvalue weighted by Crippen LogP contribution is 2.35. The van der Waals surface area contributed by atoms with Gasteiger partial charge in [-0.25, -0.2) is 9.97 Å². The summed E-state index contributed by atoms with van der Waals surface area (Å²) in [6.45, 7) is 0. The third-order valence-electron chi connectivity index (χ3n) is 4.89. The molecule has 0 bridgehead atoms. The first kappa shape index (κ1) is 18.5. The van der Waals surface area contributed by atoms with Crippen molar-refractivity contribution < 1.29 is 4.79 Å². The van der Waals surface area contributed by atoms with E-state index in [-0.39, 0.29) is 0 Å². The first-order valence-electron chi connectivity index (χ1n) is 8.86. The number of anilines is 1. The van der Waals surface area contributed by atoms with Crippen LogP contribution in [-0.4, -0.2) is 40.9 Å². The van der Waals surface area contributed by atoms with Crippen molar-refractivity contribution >= 4 is 43.4 Å². The average Bonchev–Trinajstić information content (AvgIpc) is 3.02. The number of nitrogens with zero attached hydrogens (tertiary/aromatic N) is 3. The third kappa shape index (κ3) is 3.94. The van der Waals surface area contributed by atoms with Gasteiger partial charge in [-0.3, -0.25) is 4.79 Å². The number of hydrogen-bond acceptors (Lipinski definition) is 6. The monoisotopic (exact) mass is 371 g/mol. The standard InChI is InChI=1S/C11H8N4OS.C8H17N/c12-9-8-6-3-5(10(13)16)1-2-7(6)17-11(8)15-4-14-9;1-9(2)8-6-4-3-5-7-8/h1-4H,(H2,13,16)(H2,12,14,15);8H,3-7H2,1-2H3. The fourth-order valence-electron chi connectivity index (χ4n) is 3.38. The van der Waals surface area contributed by atoms with Crippen molar-refractivity contribution in [3.05, 3.63) is 30.1 Å². The lowest BCUT2D eigenvalue weighted by atomic mass is 9.95. The lowest BCUT2D eigenvalue weighted by molar-refractivity contribution is 0.100. The number of carbonyl (C=O) groups is 1. The zero-order chi connectivity index (χ0) is 18.7. The topological polar surface area (TPSA) is 98.1 Å². The molecule has 1 amide bonds. The van der Waals surface area contributed by atoms with Gasteiger partial charge in [0.05, 0.1) is 5.39 Å². The maximum absolute atomic E-state index is 11.2. The Morgan fingerprint density at radius 2 is 1.92 bits per heavy atom. The molecule has 0 spiro atoms. The van der Waals surface area contributed by atoms with Crippen LogP contribution in [0.5, 0.6) is 0 Å². The number of thiophene rings is 1. The maximum Gasteiger partial charge on any atom is 0.248 e. The molecular formula is C19H25N5OS. The smallest absolute Gasteiger partial charge is 0.248 e. The van der Waals surface area contributed by atoms with Gasteiger partial charge in [0.15, 0.2) is 0 Å². The molecule has 138 valence electrons. The van der Waals surface area contributed by atoms with Crippen LogP contribution in [0.2, 0.25) is 0 Å². The van der Waals surface area contributed by atoms with E-state index in [9.17, 15) is 4.79 Å². The SMILES string of the molecule is CN(C)C1CCCCC1.NC(=O)c1ccc2sc3ncnc(N)c3c2c1. The van der Waals surface area contributed by atoms with Gasteiger partial charge in [-0.15, -0.1) is 11.3 Å². The minimum atomic E-state index is -0.457. The summed E-state index contributed by atoms with van der Waals surface area (Å²) in [4.78, 5) is 22.5. The Bertz CT molecular complexity index is 915. The Kier molecular flexibility index (Phi) is 5.68. The van der Waals surface area contributed by atoms with Crippen molar-refractivity contribution in [3.63, 3.8) is 0 Å². The van der Waals surface area contributed by atoms with Crippen molar-refractivity contribution in [1.82, 2.24) is 14.9 Å². The molecule has 4 rings (SSSR count). The highest BCUT2D eigenvalue weighted by atomic mass is 32.1. The number of aromatic nitrogens is 2. The van der Waals surface area contributed by atoms with Gasteiger partial charge >= 0.3 is 0 Å². The van der Waals surface area contributed by atoms with E-state index in [0.717, 1.165) is 26.3 Å². The molecule has 3 aromatic rings. The molecule has 6 nitrogen and oxygen atoms in total. The molecule has 2 aromatic heterocycles. The molecule has 0 unspecified atom stereocenters. The van der Waals surface area contributed by atoms with Crippen LogP contribution in [0.1, 0.15) is 42.5 Å². The molecule has 0 radical (unpaired) electrons. The third-order valence-corrected chi connectivity index (χ3v) is 5.97. The summed E-state index contributed by atoms with van der Waals surface area (Å²) in [5, 5.41) is 1.66. The molecule has 1 aliphatic carbocycles.